The van der Waals surface area contributed by atoms with E-state index in [1.807, 2.05) is 0 Å². The lowest BCUT2D eigenvalue weighted by Crippen LogP contribution is -2.47. The van der Waals surface area contributed by atoms with Crippen LogP contribution in [0.25, 0.3) is 11.0 Å². The SMILES string of the molecule is Cc1noc(NN=c2c(=O)ccc(=NNc3snc4cncnc34)c2=O)n1. The van der Waals surface area contributed by atoms with E-state index in [0.717, 1.165) is 11.5 Å². The maximum atomic E-state index is 12.5. The van der Waals surface area contributed by atoms with Crippen LogP contribution in [0, 0.1) is 6.92 Å². The molecule has 0 atom stereocenters. The number of hydrogen-bond donors (Lipinski definition) is 2. The summed E-state index contributed by atoms with van der Waals surface area (Å²) >= 11 is 1.12. The van der Waals surface area contributed by atoms with E-state index in [-0.39, 0.29) is 16.7 Å². The zero-order valence-electron chi connectivity index (χ0n) is 13.6. The van der Waals surface area contributed by atoms with E-state index in [2.05, 4.69) is 45.5 Å². The Kier molecular flexibility index (Phi) is 4.18. The monoisotopic (exact) mass is 383 g/mol. The summed E-state index contributed by atoms with van der Waals surface area (Å²) in [5, 5.41) is 11.5. The van der Waals surface area contributed by atoms with Gasteiger partial charge < -0.3 is 4.52 Å². The molecule has 1 aromatic carbocycles. The summed E-state index contributed by atoms with van der Waals surface area (Å²) in [5.74, 6) is 0.380. The lowest BCUT2D eigenvalue weighted by Gasteiger charge is -1.94. The van der Waals surface area contributed by atoms with Gasteiger partial charge in [-0.2, -0.15) is 19.6 Å². The average molecular weight is 383 g/mol. The molecule has 0 saturated carbocycles. The van der Waals surface area contributed by atoms with Gasteiger partial charge in [-0.3, -0.25) is 15.0 Å². The molecule has 4 rings (SSSR count). The van der Waals surface area contributed by atoms with Crippen LogP contribution in [0.3, 0.4) is 0 Å². The molecule has 0 aliphatic heterocycles. The summed E-state index contributed by atoms with van der Waals surface area (Å²) in [5.41, 5.74) is 5.06. The zero-order valence-corrected chi connectivity index (χ0v) is 14.4. The molecule has 134 valence electrons. The van der Waals surface area contributed by atoms with Gasteiger partial charge in [-0.05, 0) is 30.6 Å². The number of anilines is 2. The molecule has 0 aliphatic carbocycles. The molecule has 0 bridgehead atoms. The van der Waals surface area contributed by atoms with Gasteiger partial charge in [0.15, 0.2) is 16.2 Å². The number of nitrogens with zero attached hydrogens (tertiary/aromatic N) is 7. The van der Waals surface area contributed by atoms with E-state index in [1.165, 1.54) is 18.5 Å². The number of rotatable bonds is 4. The molecule has 0 radical (unpaired) electrons. The molecule has 0 fully saturated rings. The topological polar surface area (TPSA) is 161 Å². The Bertz CT molecular complexity index is 1350. The minimum atomic E-state index is -0.665. The maximum absolute atomic E-state index is 12.5. The maximum Gasteiger partial charge on any atom is 0.341 e. The molecular weight excluding hydrogens is 374 g/mol. The molecule has 2 N–H and O–H groups in total. The lowest BCUT2D eigenvalue weighted by atomic mass is 10.3. The van der Waals surface area contributed by atoms with Gasteiger partial charge in [-0.15, -0.1) is 0 Å². The van der Waals surface area contributed by atoms with Gasteiger partial charge in [0, 0.05) is 0 Å². The fourth-order valence-electron chi connectivity index (χ4n) is 2.07. The van der Waals surface area contributed by atoms with E-state index in [0.29, 0.717) is 21.9 Å². The van der Waals surface area contributed by atoms with Crippen LogP contribution in [0.5, 0.6) is 0 Å². The molecule has 0 spiro atoms. The predicted molar refractivity (Wildman–Crippen MR) is 94.0 cm³/mol. The minimum Gasteiger partial charge on any atom is -0.314 e. The van der Waals surface area contributed by atoms with Gasteiger partial charge in [0.05, 0.1) is 6.20 Å². The van der Waals surface area contributed by atoms with Crippen LogP contribution in [0.4, 0.5) is 11.0 Å². The van der Waals surface area contributed by atoms with E-state index in [4.69, 9.17) is 4.52 Å². The van der Waals surface area contributed by atoms with Gasteiger partial charge in [-0.1, -0.05) is 5.16 Å². The number of aryl methyl sites for hydroxylation is 1. The fourth-order valence-corrected chi connectivity index (χ4v) is 2.72. The Morgan fingerprint density at radius 1 is 1.19 bits per heavy atom. The first-order valence-electron chi connectivity index (χ1n) is 7.42. The van der Waals surface area contributed by atoms with Crippen LogP contribution >= 0.6 is 11.5 Å². The minimum absolute atomic E-state index is 0.00698. The molecule has 27 heavy (non-hydrogen) atoms. The Balaban J connectivity index is 1.70. The van der Waals surface area contributed by atoms with Gasteiger partial charge in [0.25, 0.3) is 0 Å². The van der Waals surface area contributed by atoms with E-state index >= 15 is 0 Å². The zero-order chi connectivity index (χ0) is 18.8. The average Bonchev–Trinajstić information content (AvgIpc) is 3.27. The highest BCUT2D eigenvalue weighted by Gasteiger charge is 2.07. The molecule has 0 unspecified atom stereocenters. The quantitative estimate of drug-likeness (QED) is 0.428. The number of nitrogens with one attached hydrogen (secondary N) is 2. The lowest BCUT2D eigenvalue weighted by molar-refractivity contribution is 0.425. The Morgan fingerprint density at radius 2 is 2.07 bits per heavy atom. The third-order valence-corrected chi connectivity index (χ3v) is 4.04. The first-order chi connectivity index (χ1) is 13.1. The third kappa shape index (κ3) is 3.30. The first kappa shape index (κ1) is 16.6. The number of fused-ring (bicyclic) bond motifs is 1. The van der Waals surface area contributed by atoms with Gasteiger partial charge >= 0.3 is 6.01 Å². The van der Waals surface area contributed by atoms with Crippen LogP contribution in [-0.4, -0.2) is 24.5 Å². The van der Waals surface area contributed by atoms with Crippen molar-refractivity contribution in [3.8, 4) is 0 Å². The third-order valence-electron chi connectivity index (χ3n) is 3.29. The summed E-state index contributed by atoms with van der Waals surface area (Å²) in [6, 6.07) is 2.45. The standard InChI is InChI=1S/C14H9N9O3S/c1-6-17-14(26-22-6)21-19-11-9(24)3-2-7(12(11)25)18-20-13-10-8(23-27-13)4-15-5-16-10/h2-5,20H,1H3,(H,17,21,22). The second-order valence-electron chi connectivity index (χ2n) is 5.12. The molecule has 0 saturated heterocycles. The Hall–Kier alpha value is -3.87. The summed E-state index contributed by atoms with van der Waals surface area (Å²) < 4.78 is 8.97. The molecule has 12 nitrogen and oxygen atoms in total. The van der Waals surface area contributed by atoms with Crippen molar-refractivity contribution >= 4 is 33.6 Å². The van der Waals surface area contributed by atoms with Gasteiger partial charge in [0.2, 0.25) is 10.9 Å². The van der Waals surface area contributed by atoms with E-state index < -0.39 is 10.9 Å². The highest BCUT2D eigenvalue weighted by atomic mass is 32.1. The molecule has 0 amide bonds. The highest BCUT2D eigenvalue weighted by molar-refractivity contribution is 7.11. The predicted octanol–water partition coefficient (Wildman–Crippen LogP) is -0.771. The summed E-state index contributed by atoms with van der Waals surface area (Å²) in [6.45, 7) is 1.62. The normalized spacial score (nSPS) is 12.6. The van der Waals surface area contributed by atoms with Crippen molar-refractivity contribution < 1.29 is 4.52 Å². The number of benzene rings is 1. The van der Waals surface area contributed by atoms with Crippen molar-refractivity contribution in [2.75, 3.05) is 10.9 Å². The molecular formula is C14H9N9O3S. The molecule has 3 aromatic heterocycles. The Morgan fingerprint density at radius 3 is 2.89 bits per heavy atom. The number of hydrogen-bond acceptors (Lipinski definition) is 13. The summed E-state index contributed by atoms with van der Waals surface area (Å²) in [6.07, 6.45) is 2.95. The van der Waals surface area contributed by atoms with Crippen molar-refractivity contribution in [2.24, 2.45) is 10.2 Å². The van der Waals surface area contributed by atoms with E-state index in [9.17, 15) is 9.59 Å². The van der Waals surface area contributed by atoms with Crippen molar-refractivity contribution in [3.05, 3.63) is 61.6 Å². The highest BCUT2D eigenvalue weighted by Crippen LogP contribution is 2.24. The van der Waals surface area contributed by atoms with Crippen LogP contribution in [0.2, 0.25) is 0 Å². The first-order valence-corrected chi connectivity index (χ1v) is 8.19. The van der Waals surface area contributed by atoms with Gasteiger partial charge in [-0.25, -0.2) is 15.4 Å². The fraction of sp³-hybridized carbons (Fsp3) is 0.0714. The second-order valence-corrected chi connectivity index (χ2v) is 5.90. The van der Waals surface area contributed by atoms with Crippen molar-refractivity contribution in [1.82, 2.24) is 24.5 Å². The van der Waals surface area contributed by atoms with Crippen molar-refractivity contribution in [3.63, 3.8) is 0 Å². The molecule has 0 aliphatic rings. The van der Waals surface area contributed by atoms with Crippen molar-refractivity contribution in [1.29, 1.82) is 0 Å². The second kappa shape index (κ2) is 6.80. The van der Waals surface area contributed by atoms with Crippen LogP contribution in [-0.2, 0) is 0 Å². The summed E-state index contributed by atoms with van der Waals surface area (Å²) in [4.78, 5) is 36.3. The Labute approximate surface area is 152 Å². The number of aromatic nitrogens is 5. The molecule has 13 heteroatoms. The largest absolute Gasteiger partial charge is 0.341 e. The van der Waals surface area contributed by atoms with Crippen LogP contribution in [0.1, 0.15) is 5.82 Å². The molecule has 3 heterocycles. The molecule has 4 aromatic rings. The van der Waals surface area contributed by atoms with Crippen LogP contribution < -0.4 is 32.4 Å². The smallest absolute Gasteiger partial charge is 0.314 e. The van der Waals surface area contributed by atoms with Gasteiger partial charge in [0.1, 0.15) is 22.7 Å². The van der Waals surface area contributed by atoms with Crippen LogP contribution in [0.15, 0.2) is 49.0 Å². The summed E-state index contributed by atoms with van der Waals surface area (Å²) in [7, 11) is 0. The van der Waals surface area contributed by atoms with Crippen molar-refractivity contribution in [2.45, 2.75) is 6.92 Å². The van der Waals surface area contributed by atoms with E-state index in [1.54, 1.807) is 13.1 Å².